The zero-order valence-electron chi connectivity index (χ0n) is 17.4. The van der Waals surface area contributed by atoms with Crippen molar-refractivity contribution in [3.05, 3.63) is 24.3 Å². The van der Waals surface area contributed by atoms with Gasteiger partial charge < -0.3 is 15.4 Å². The van der Waals surface area contributed by atoms with E-state index in [0.717, 1.165) is 25.7 Å². The molecule has 1 atom stereocenters. The molecule has 2 aliphatic rings. The Labute approximate surface area is 178 Å². The van der Waals surface area contributed by atoms with Crippen LogP contribution in [-0.4, -0.2) is 57.3 Å². The summed E-state index contributed by atoms with van der Waals surface area (Å²) in [5.41, 5.74) is 0. The van der Waals surface area contributed by atoms with Gasteiger partial charge in [0.05, 0.1) is 24.5 Å². The molecule has 2 amide bonds. The number of benzene rings is 1. The van der Waals surface area contributed by atoms with E-state index in [2.05, 4.69) is 10.6 Å². The fourth-order valence-corrected chi connectivity index (χ4v) is 5.63. The van der Waals surface area contributed by atoms with E-state index in [1.165, 1.54) is 30.0 Å². The van der Waals surface area contributed by atoms with Crippen molar-refractivity contribution < 1.29 is 22.7 Å². The van der Waals surface area contributed by atoms with Crippen molar-refractivity contribution >= 4 is 21.8 Å². The second-order valence-corrected chi connectivity index (χ2v) is 9.94. The molecule has 1 aromatic carbocycles. The second-order valence-electron chi connectivity index (χ2n) is 8.00. The van der Waals surface area contributed by atoms with Gasteiger partial charge in [-0.2, -0.15) is 4.31 Å². The molecule has 0 aromatic heterocycles. The van der Waals surface area contributed by atoms with E-state index in [1.54, 1.807) is 12.1 Å². The molecule has 9 heteroatoms. The lowest BCUT2D eigenvalue weighted by Gasteiger charge is -2.31. The summed E-state index contributed by atoms with van der Waals surface area (Å²) < 4.78 is 32.3. The van der Waals surface area contributed by atoms with Crippen LogP contribution in [0.5, 0.6) is 5.75 Å². The summed E-state index contributed by atoms with van der Waals surface area (Å²) in [5, 5.41) is 5.65. The zero-order valence-corrected chi connectivity index (χ0v) is 18.2. The Hall–Kier alpha value is -2.13. The number of sulfonamides is 1. The summed E-state index contributed by atoms with van der Waals surface area (Å²) in [6.45, 7) is 0.418. The van der Waals surface area contributed by atoms with Gasteiger partial charge >= 0.3 is 0 Å². The molecule has 1 aliphatic heterocycles. The molecule has 8 nitrogen and oxygen atoms in total. The Morgan fingerprint density at radius 2 is 1.77 bits per heavy atom. The van der Waals surface area contributed by atoms with Crippen molar-refractivity contribution in [3.8, 4) is 5.75 Å². The number of hydrogen-bond acceptors (Lipinski definition) is 5. The van der Waals surface area contributed by atoms with Crippen LogP contribution in [0.25, 0.3) is 0 Å². The molecule has 0 spiro atoms. The molecule has 0 radical (unpaired) electrons. The third-order valence-electron chi connectivity index (χ3n) is 5.85. The number of carbonyl (C=O) groups excluding carboxylic acids is 2. The summed E-state index contributed by atoms with van der Waals surface area (Å²) >= 11 is 0. The summed E-state index contributed by atoms with van der Waals surface area (Å²) in [6, 6.07) is 6.42. The van der Waals surface area contributed by atoms with Crippen LogP contribution in [0.15, 0.2) is 29.2 Å². The monoisotopic (exact) mass is 437 g/mol. The van der Waals surface area contributed by atoms with Crippen molar-refractivity contribution in [1.82, 2.24) is 14.9 Å². The van der Waals surface area contributed by atoms with Crippen LogP contribution >= 0.6 is 0 Å². The standard InChI is InChI=1S/C21H31N3O5S/c1-29-18-9-11-19(12-10-18)30(27,28)24-13-5-6-16(15-24)21(26)22-14-20(25)23-17-7-3-2-4-8-17/h9-12,16-17H,2-8,13-15H2,1H3,(H,22,26)(H,23,25)/t16-/m1/s1. The Morgan fingerprint density at radius 3 is 2.43 bits per heavy atom. The maximum atomic E-state index is 12.9. The van der Waals surface area contributed by atoms with Crippen LogP contribution in [0.2, 0.25) is 0 Å². The fraction of sp³-hybridized carbons (Fsp3) is 0.619. The topological polar surface area (TPSA) is 105 Å². The average molecular weight is 438 g/mol. The number of amides is 2. The smallest absolute Gasteiger partial charge is 0.243 e. The first-order valence-electron chi connectivity index (χ1n) is 10.6. The lowest BCUT2D eigenvalue weighted by molar-refractivity contribution is -0.129. The van der Waals surface area contributed by atoms with E-state index in [1.807, 2.05) is 0 Å². The van der Waals surface area contributed by atoms with Gasteiger partial charge in [-0.25, -0.2) is 8.42 Å². The van der Waals surface area contributed by atoms with Gasteiger partial charge in [0.2, 0.25) is 21.8 Å². The molecule has 3 rings (SSSR count). The van der Waals surface area contributed by atoms with Crippen molar-refractivity contribution in [2.75, 3.05) is 26.7 Å². The first kappa shape index (κ1) is 22.6. The molecule has 1 heterocycles. The molecule has 30 heavy (non-hydrogen) atoms. The number of piperidine rings is 1. The van der Waals surface area contributed by atoms with Crippen molar-refractivity contribution in [2.45, 2.75) is 55.9 Å². The van der Waals surface area contributed by atoms with Crippen LogP contribution in [0, 0.1) is 5.92 Å². The number of hydrogen-bond donors (Lipinski definition) is 2. The highest BCUT2D eigenvalue weighted by atomic mass is 32.2. The third-order valence-corrected chi connectivity index (χ3v) is 7.72. The van der Waals surface area contributed by atoms with Gasteiger partial charge in [0.15, 0.2) is 0 Å². The van der Waals surface area contributed by atoms with E-state index in [9.17, 15) is 18.0 Å². The highest BCUT2D eigenvalue weighted by Gasteiger charge is 2.33. The van der Waals surface area contributed by atoms with Gasteiger partial charge in [-0.15, -0.1) is 0 Å². The van der Waals surface area contributed by atoms with Gasteiger partial charge in [0.1, 0.15) is 5.75 Å². The highest BCUT2D eigenvalue weighted by molar-refractivity contribution is 7.89. The van der Waals surface area contributed by atoms with Crippen LogP contribution in [0.4, 0.5) is 0 Å². The molecular formula is C21H31N3O5S. The number of nitrogens with zero attached hydrogens (tertiary/aromatic N) is 1. The molecule has 1 aliphatic carbocycles. The lowest BCUT2D eigenvalue weighted by atomic mass is 9.95. The van der Waals surface area contributed by atoms with E-state index >= 15 is 0 Å². The first-order chi connectivity index (χ1) is 14.4. The van der Waals surface area contributed by atoms with Crippen LogP contribution in [0.1, 0.15) is 44.9 Å². The molecule has 0 unspecified atom stereocenters. The SMILES string of the molecule is COc1ccc(S(=O)(=O)N2CCC[C@@H](C(=O)NCC(=O)NC3CCCCC3)C2)cc1. The number of nitrogens with one attached hydrogen (secondary N) is 2. The highest BCUT2D eigenvalue weighted by Crippen LogP contribution is 2.25. The van der Waals surface area contributed by atoms with Crippen molar-refractivity contribution in [2.24, 2.45) is 5.92 Å². The van der Waals surface area contributed by atoms with Crippen LogP contribution in [-0.2, 0) is 19.6 Å². The van der Waals surface area contributed by atoms with Crippen LogP contribution < -0.4 is 15.4 Å². The van der Waals surface area contributed by atoms with E-state index < -0.39 is 15.9 Å². The summed E-state index contributed by atoms with van der Waals surface area (Å²) in [5.74, 6) is -0.345. The summed E-state index contributed by atoms with van der Waals surface area (Å²) in [7, 11) is -2.16. The molecule has 0 bridgehead atoms. The minimum atomic E-state index is -3.69. The predicted molar refractivity (Wildman–Crippen MR) is 113 cm³/mol. The van der Waals surface area contributed by atoms with Crippen LogP contribution in [0.3, 0.4) is 0 Å². The van der Waals surface area contributed by atoms with Crippen molar-refractivity contribution in [1.29, 1.82) is 0 Å². The Bertz CT molecular complexity index is 835. The third kappa shape index (κ3) is 5.72. The molecule has 1 aromatic rings. The molecule has 2 N–H and O–H groups in total. The molecule has 1 saturated heterocycles. The normalized spacial score (nSPS) is 21.0. The van der Waals surface area contributed by atoms with Gasteiger partial charge in [0.25, 0.3) is 0 Å². The Balaban J connectivity index is 1.52. The summed E-state index contributed by atoms with van der Waals surface area (Å²) in [4.78, 5) is 24.9. The second kappa shape index (κ2) is 10.3. The van der Waals surface area contributed by atoms with E-state index in [0.29, 0.717) is 25.1 Å². The van der Waals surface area contributed by atoms with Gasteiger partial charge in [-0.3, -0.25) is 9.59 Å². The average Bonchev–Trinajstić information content (AvgIpc) is 2.78. The largest absolute Gasteiger partial charge is 0.497 e. The summed E-state index contributed by atoms with van der Waals surface area (Å²) in [6.07, 6.45) is 6.63. The maximum absolute atomic E-state index is 12.9. The number of ether oxygens (including phenoxy) is 1. The maximum Gasteiger partial charge on any atom is 0.243 e. The predicted octanol–water partition coefficient (Wildman–Crippen LogP) is 1.66. The van der Waals surface area contributed by atoms with Gasteiger partial charge in [-0.05, 0) is 49.9 Å². The lowest BCUT2D eigenvalue weighted by Crippen LogP contribution is -2.48. The quantitative estimate of drug-likeness (QED) is 0.675. The van der Waals surface area contributed by atoms with Gasteiger partial charge in [0, 0.05) is 19.1 Å². The molecule has 2 fully saturated rings. The van der Waals surface area contributed by atoms with E-state index in [-0.39, 0.29) is 35.8 Å². The number of carbonyl (C=O) groups is 2. The Morgan fingerprint density at radius 1 is 1.07 bits per heavy atom. The van der Waals surface area contributed by atoms with Gasteiger partial charge in [-0.1, -0.05) is 19.3 Å². The molecular weight excluding hydrogens is 406 g/mol. The zero-order chi connectivity index (χ0) is 21.6. The van der Waals surface area contributed by atoms with E-state index in [4.69, 9.17) is 4.74 Å². The minimum Gasteiger partial charge on any atom is -0.497 e. The molecule has 166 valence electrons. The number of rotatable bonds is 7. The first-order valence-corrected chi connectivity index (χ1v) is 12.1. The van der Waals surface area contributed by atoms with Crippen molar-refractivity contribution in [3.63, 3.8) is 0 Å². The minimum absolute atomic E-state index is 0.0724. The fourth-order valence-electron chi connectivity index (χ4n) is 4.11. The number of methoxy groups -OCH3 is 1. The molecule has 1 saturated carbocycles. The Kier molecular flexibility index (Phi) is 7.71.